The fourth-order valence-electron chi connectivity index (χ4n) is 3.47. The number of amides is 1. The third-order valence-electron chi connectivity index (χ3n) is 4.92. The second-order valence-electron chi connectivity index (χ2n) is 6.60. The zero-order valence-corrected chi connectivity index (χ0v) is 14.6. The van der Waals surface area contributed by atoms with E-state index in [0.717, 1.165) is 25.9 Å². The second-order valence-corrected chi connectivity index (χ2v) is 6.60. The molecule has 0 saturated carbocycles. The van der Waals surface area contributed by atoms with Crippen molar-refractivity contribution in [1.29, 1.82) is 0 Å². The maximum Gasteiger partial charge on any atom is 0.229 e. The number of imidazole rings is 1. The second kappa shape index (κ2) is 7.44. The Morgan fingerprint density at radius 2 is 1.81 bits per heavy atom. The van der Waals surface area contributed by atoms with Crippen LogP contribution >= 0.6 is 0 Å². The van der Waals surface area contributed by atoms with E-state index in [1.807, 2.05) is 6.07 Å². The number of rotatable bonds is 4. The molecule has 0 bridgehead atoms. The van der Waals surface area contributed by atoms with Crippen molar-refractivity contribution in [3.63, 3.8) is 0 Å². The van der Waals surface area contributed by atoms with Crippen molar-refractivity contribution in [2.45, 2.75) is 12.8 Å². The number of aromatic nitrogens is 2. The van der Waals surface area contributed by atoms with Gasteiger partial charge in [-0.05, 0) is 36.1 Å². The first-order valence-electron chi connectivity index (χ1n) is 9.00. The molecule has 2 aromatic carbocycles. The number of benzene rings is 2. The normalized spacial score (nSPS) is 15.0. The van der Waals surface area contributed by atoms with Crippen LogP contribution in [-0.4, -0.2) is 29.0 Å². The van der Waals surface area contributed by atoms with Gasteiger partial charge in [0.1, 0.15) is 0 Å². The summed E-state index contributed by atoms with van der Waals surface area (Å²) in [7, 11) is 0. The van der Waals surface area contributed by atoms with Crippen LogP contribution in [-0.2, 0) is 4.79 Å². The van der Waals surface area contributed by atoms with E-state index in [1.54, 1.807) is 12.4 Å². The Bertz CT molecular complexity index is 853. The molecular formula is C21H22N4O. The Balaban J connectivity index is 1.40. The van der Waals surface area contributed by atoms with Gasteiger partial charge in [-0.1, -0.05) is 42.5 Å². The summed E-state index contributed by atoms with van der Waals surface area (Å²) in [5, 5.41) is 2.85. The first-order valence-corrected chi connectivity index (χ1v) is 9.00. The number of carbonyl (C=O) groups is 1. The zero-order chi connectivity index (χ0) is 17.8. The maximum atomic E-state index is 12.4. The van der Waals surface area contributed by atoms with Gasteiger partial charge in [0.15, 0.2) is 0 Å². The minimum atomic E-state index is 0.0358. The van der Waals surface area contributed by atoms with Crippen LogP contribution < -0.4 is 10.2 Å². The average molecular weight is 346 g/mol. The summed E-state index contributed by atoms with van der Waals surface area (Å²) in [6, 6.07) is 19.0. The summed E-state index contributed by atoms with van der Waals surface area (Å²) in [6.45, 7) is 1.77. The molecule has 1 saturated heterocycles. The van der Waals surface area contributed by atoms with Crippen molar-refractivity contribution in [2.75, 3.05) is 23.3 Å². The van der Waals surface area contributed by atoms with Crippen molar-refractivity contribution < 1.29 is 4.79 Å². The number of hydrogen-bond acceptors (Lipinski definition) is 3. The summed E-state index contributed by atoms with van der Waals surface area (Å²) < 4.78 is 0. The van der Waals surface area contributed by atoms with Gasteiger partial charge in [0.2, 0.25) is 11.9 Å². The van der Waals surface area contributed by atoms with Crippen LogP contribution in [0.5, 0.6) is 0 Å². The van der Waals surface area contributed by atoms with Gasteiger partial charge in [0.25, 0.3) is 0 Å². The zero-order valence-electron chi connectivity index (χ0n) is 14.6. The summed E-state index contributed by atoms with van der Waals surface area (Å²) in [5.74, 6) is 0.610. The number of aromatic amines is 1. The highest BCUT2D eigenvalue weighted by Gasteiger charge is 2.25. The molecule has 1 aliphatic rings. The van der Waals surface area contributed by atoms with Crippen LogP contribution in [0.2, 0.25) is 0 Å². The van der Waals surface area contributed by atoms with Crippen molar-refractivity contribution in [1.82, 2.24) is 9.97 Å². The predicted octanol–water partition coefficient (Wildman–Crippen LogP) is 3.93. The minimum Gasteiger partial charge on any atom is -0.371 e. The molecule has 1 aromatic heterocycles. The Morgan fingerprint density at radius 1 is 1.04 bits per heavy atom. The highest BCUT2D eigenvalue weighted by Crippen LogP contribution is 2.28. The van der Waals surface area contributed by atoms with Crippen molar-refractivity contribution >= 4 is 17.5 Å². The molecule has 0 atom stereocenters. The lowest BCUT2D eigenvalue weighted by atomic mass is 9.95. The molecule has 5 nitrogen and oxygen atoms in total. The monoisotopic (exact) mass is 346 g/mol. The van der Waals surface area contributed by atoms with Crippen LogP contribution in [0, 0.1) is 5.92 Å². The van der Waals surface area contributed by atoms with E-state index in [0.29, 0.717) is 5.95 Å². The predicted molar refractivity (Wildman–Crippen MR) is 104 cm³/mol. The number of nitrogens with zero attached hydrogens (tertiary/aromatic N) is 2. The van der Waals surface area contributed by atoms with Crippen LogP contribution in [0.4, 0.5) is 11.6 Å². The summed E-state index contributed by atoms with van der Waals surface area (Å²) in [6.07, 6.45) is 5.04. The summed E-state index contributed by atoms with van der Waals surface area (Å²) in [5.41, 5.74) is 3.67. The number of anilines is 2. The first-order chi connectivity index (χ1) is 12.8. The number of hydrogen-bond donors (Lipinski definition) is 2. The summed E-state index contributed by atoms with van der Waals surface area (Å²) in [4.78, 5) is 21.7. The number of piperidine rings is 1. The molecule has 4 rings (SSSR count). The number of carbonyl (C=O) groups excluding carboxylic acids is 1. The van der Waals surface area contributed by atoms with Crippen LogP contribution in [0.15, 0.2) is 67.0 Å². The lowest BCUT2D eigenvalue weighted by Crippen LogP contribution is -2.38. The molecule has 5 heteroatoms. The van der Waals surface area contributed by atoms with Gasteiger partial charge in [-0.15, -0.1) is 0 Å². The van der Waals surface area contributed by atoms with E-state index in [-0.39, 0.29) is 11.8 Å². The van der Waals surface area contributed by atoms with Gasteiger partial charge in [-0.3, -0.25) is 10.1 Å². The van der Waals surface area contributed by atoms with E-state index in [1.165, 1.54) is 16.8 Å². The number of nitrogens with one attached hydrogen (secondary N) is 2. The molecule has 1 aliphatic heterocycles. The average Bonchev–Trinajstić information content (AvgIpc) is 3.22. The molecule has 3 aromatic rings. The largest absolute Gasteiger partial charge is 0.371 e. The van der Waals surface area contributed by atoms with Gasteiger partial charge in [-0.25, -0.2) is 4.98 Å². The molecule has 0 unspecified atom stereocenters. The lowest BCUT2D eigenvalue weighted by Gasteiger charge is -2.33. The fraction of sp³-hybridized carbons (Fsp3) is 0.238. The molecule has 0 aliphatic carbocycles. The SMILES string of the molecule is O=C(Nc1ncc[nH]1)C1CCN(c2cccc(-c3ccccc3)c2)CC1. The molecule has 132 valence electrons. The molecular weight excluding hydrogens is 324 g/mol. The fourth-order valence-corrected chi connectivity index (χ4v) is 3.47. The third-order valence-corrected chi connectivity index (χ3v) is 4.92. The van der Waals surface area contributed by atoms with E-state index in [4.69, 9.17) is 0 Å². The maximum absolute atomic E-state index is 12.4. The Labute approximate surface area is 153 Å². The van der Waals surface area contributed by atoms with Crippen LogP contribution in [0.25, 0.3) is 11.1 Å². The van der Waals surface area contributed by atoms with Gasteiger partial charge in [0.05, 0.1) is 0 Å². The molecule has 1 amide bonds. The Hall–Kier alpha value is -3.08. The van der Waals surface area contributed by atoms with Crippen LogP contribution in [0.3, 0.4) is 0 Å². The first kappa shape index (κ1) is 16.4. The standard InChI is InChI=1S/C21H22N4O/c26-20(24-21-22-11-12-23-21)17-9-13-25(14-10-17)19-8-4-7-18(15-19)16-5-2-1-3-6-16/h1-8,11-12,15,17H,9-10,13-14H2,(H2,22,23,24,26). The van der Waals surface area contributed by atoms with Crippen molar-refractivity contribution in [2.24, 2.45) is 5.92 Å². The van der Waals surface area contributed by atoms with E-state index >= 15 is 0 Å². The smallest absolute Gasteiger partial charge is 0.229 e. The quantitative estimate of drug-likeness (QED) is 0.752. The lowest BCUT2D eigenvalue weighted by molar-refractivity contribution is -0.120. The van der Waals surface area contributed by atoms with E-state index in [2.05, 4.69) is 68.7 Å². The van der Waals surface area contributed by atoms with Crippen molar-refractivity contribution in [3.05, 3.63) is 67.0 Å². The van der Waals surface area contributed by atoms with Gasteiger partial charge < -0.3 is 9.88 Å². The van der Waals surface area contributed by atoms with Gasteiger partial charge in [-0.2, -0.15) is 0 Å². The molecule has 0 spiro atoms. The van der Waals surface area contributed by atoms with E-state index in [9.17, 15) is 4.79 Å². The number of H-pyrrole nitrogens is 1. The molecule has 1 fully saturated rings. The molecule has 2 heterocycles. The highest BCUT2D eigenvalue weighted by molar-refractivity contribution is 5.91. The highest BCUT2D eigenvalue weighted by atomic mass is 16.2. The topological polar surface area (TPSA) is 61.0 Å². The molecule has 0 radical (unpaired) electrons. The molecule has 26 heavy (non-hydrogen) atoms. The molecule has 2 N–H and O–H groups in total. The van der Waals surface area contributed by atoms with Crippen LogP contribution in [0.1, 0.15) is 12.8 Å². The van der Waals surface area contributed by atoms with Crippen molar-refractivity contribution in [3.8, 4) is 11.1 Å². The Kier molecular flexibility index (Phi) is 4.69. The van der Waals surface area contributed by atoms with Gasteiger partial charge in [0, 0.05) is 37.1 Å². The minimum absolute atomic E-state index is 0.0358. The third kappa shape index (κ3) is 3.61. The van der Waals surface area contributed by atoms with E-state index < -0.39 is 0 Å². The Morgan fingerprint density at radius 3 is 2.54 bits per heavy atom. The summed E-state index contributed by atoms with van der Waals surface area (Å²) >= 11 is 0. The van der Waals surface area contributed by atoms with Gasteiger partial charge >= 0.3 is 0 Å².